The van der Waals surface area contributed by atoms with Crippen molar-refractivity contribution in [3.8, 4) is 0 Å². The van der Waals surface area contributed by atoms with Gasteiger partial charge in [0.05, 0.1) is 58.3 Å². The highest BCUT2D eigenvalue weighted by molar-refractivity contribution is 7.42. The van der Waals surface area contributed by atoms with Crippen molar-refractivity contribution in [1.29, 1.82) is 0 Å². The van der Waals surface area contributed by atoms with E-state index in [4.69, 9.17) is 36.6 Å². The molecular weight excluding hydrogens is 346 g/mol. The van der Waals surface area contributed by atoms with Gasteiger partial charge in [-0.15, -0.1) is 0 Å². The smallest absolute Gasteiger partial charge is 0.332 e. The van der Waals surface area contributed by atoms with Crippen LogP contribution in [0.25, 0.3) is 0 Å². The van der Waals surface area contributed by atoms with Gasteiger partial charge in [-0.25, -0.2) is 0 Å². The Bertz CT molecular complexity index is 273. The van der Waals surface area contributed by atoms with E-state index in [-0.39, 0.29) is 5.41 Å². The molecular formula is C13H26O8P2. The summed E-state index contributed by atoms with van der Waals surface area (Å²) in [5.74, 6) is 0. The molecule has 0 bridgehead atoms. The number of hydrogen-bond acceptors (Lipinski definition) is 8. The van der Waals surface area contributed by atoms with Crippen LogP contribution in [0.3, 0.4) is 0 Å². The Morgan fingerprint density at radius 1 is 0.696 bits per heavy atom. The standard InChI is InChI=1S/C13H26O8P2/c1-3-14-5-7-16-22-18-9-13(10-19-22)11-20-23(21-12-13)17-8-6-15-4-2/h3-12H2,1-2H3. The monoisotopic (exact) mass is 372 g/mol. The van der Waals surface area contributed by atoms with Crippen LogP contribution in [-0.4, -0.2) is 66.1 Å². The lowest BCUT2D eigenvalue weighted by Crippen LogP contribution is -2.44. The van der Waals surface area contributed by atoms with Gasteiger partial charge in [0.15, 0.2) is 0 Å². The van der Waals surface area contributed by atoms with Crippen molar-refractivity contribution in [3.05, 3.63) is 0 Å². The highest BCUT2D eigenvalue weighted by Crippen LogP contribution is 2.52. The van der Waals surface area contributed by atoms with E-state index in [2.05, 4.69) is 0 Å². The van der Waals surface area contributed by atoms with Crippen LogP contribution in [0.1, 0.15) is 13.8 Å². The molecule has 2 aliphatic rings. The maximum Gasteiger partial charge on any atom is 0.332 e. The lowest BCUT2D eigenvalue weighted by atomic mass is 9.93. The lowest BCUT2D eigenvalue weighted by Gasteiger charge is -2.41. The summed E-state index contributed by atoms with van der Waals surface area (Å²) in [4.78, 5) is 0. The first-order valence-electron chi connectivity index (χ1n) is 7.81. The molecule has 0 radical (unpaired) electrons. The molecule has 2 saturated heterocycles. The molecule has 2 heterocycles. The van der Waals surface area contributed by atoms with E-state index in [9.17, 15) is 0 Å². The molecule has 2 aliphatic heterocycles. The molecule has 0 aromatic carbocycles. The molecule has 2 rings (SSSR count). The molecule has 0 N–H and O–H groups in total. The van der Waals surface area contributed by atoms with E-state index in [0.717, 1.165) is 0 Å². The molecule has 0 aromatic rings. The van der Waals surface area contributed by atoms with Crippen LogP contribution in [-0.2, 0) is 36.6 Å². The normalized spacial score (nSPS) is 31.6. The van der Waals surface area contributed by atoms with E-state index in [1.54, 1.807) is 0 Å². The van der Waals surface area contributed by atoms with Crippen LogP contribution in [0.15, 0.2) is 0 Å². The highest BCUT2D eigenvalue weighted by Gasteiger charge is 2.43. The molecule has 0 saturated carbocycles. The van der Waals surface area contributed by atoms with E-state index < -0.39 is 17.2 Å². The van der Waals surface area contributed by atoms with Crippen molar-refractivity contribution in [3.63, 3.8) is 0 Å². The van der Waals surface area contributed by atoms with Crippen molar-refractivity contribution in [1.82, 2.24) is 0 Å². The van der Waals surface area contributed by atoms with Crippen molar-refractivity contribution in [2.24, 2.45) is 5.41 Å². The maximum atomic E-state index is 5.65. The molecule has 136 valence electrons. The minimum atomic E-state index is -1.30. The summed E-state index contributed by atoms with van der Waals surface area (Å²) in [6, 6.07) is 0. The van der Waals surface area contributed by atoms with E-state index >= 15 is 0 Å². The summed E-state index contributed by atoms with van der Waals surface area (Å²) in [5.41, 5.74) is -0.274. The second-order valence-corrected chi connectivity index (χ2v) is 7.54. The van der Waals surface area contributed by atoms with E-state index in [0.29, 0.717) is 66.1 Å². The molecule has 0 amide bonds. The number of rotatable bonds is 10. The van der Waals surface area contributed by atoms with Crippen LogP contribution in [0.2, 0.25) is 0 Å². The number of hydrogen-bond donors (Lipinski definition) is 0. The molecule has 0 aromatic heterocycles. The second-order valence-electron chi connectivity index (χ2n) is 5.10. The van der Waals surface area contributed by atoms with Gasteiger partial charge in [-0.2, -0.15) is 0 Å². The molecule has 8 nitrogen and oxygen atoms in total. The molecule has 23 heavy (non-hydrogen) atoms. The average Bonchev–Trinajstić information content (AvgIpc) is 2.59. The Labute approximate surface area is 140 Å². The quantitative estimate of drug-likeness (QED) is 0.428. The predicted octanol–water partition coefficient (Wildman–Crippen LogP) is 2.63. The van der Waals surface area contributed by atoms with Crippen LogP contribution >= 0.6 is 17.2 Å². The predicted molar refractivity (Wildman–Crippen MR) is 85.0 cm³/mol. The van der Waals surface area contributed by atoms with Crippen LogP contribution in [0.4, 0.5) is 0 Å². The molecule has 0 unspecified atom stereocenters. The third-order valence-corrected chi connectivity index (χ3v) is 5.31. The van der Waals surface area contributed by atoms with E-state index in [1.807, 2.05) is 13.8 Å². The lowest BCUT2D eigenvalue weighted by molar-refractivity contribution is -0.0781. The summed E-state index contributed by atoms with van der Waals surface area (Å²) in [7, 11) is -2.59. The summed E-state index contributed by atoms with van der Waals surface area (Å²) < 4.78 is 44.0. The minimum absolute atomic E-state index is 0.274. The Morgan fingerprint density at radius 3 is 1.43 bits per heavy atom. The topological polar surface area (TPSA) is 73.8 Å². The Morgan fingerprint density at radius 2 is 1.09 bits per heavy atom. The van der Waals surface area contributed by atoms with Gasteiger partial charge < -0.3 is 36.6 Å². The first kappa shape index (κ1) is 19.9. The third kappa shape index (κ3) is 7.12. The van der Waals surface area contributed by atoms with Gasteiger partial charge in [-0.1, -0.05) is 0 Å². The first-order chi connectivity index (χ1) is 11.3. The minimum Gasteiger partial charge on any atom is -0.379 e. The fraction of sp³-hybridized carbons (Fsp3) is 1.00. The van der Waals surface area contributed by atoms with Crippen molar-refractivity contribution in [2.45, 2.75) is 13.8 Å². The van der Waals surface area contributed by atoms with Gasteiger partial charge in [-0.05, 0) is 13.8 Å². The van der Waals surface area contributed by atoms with Crippen LogP contribution < -0.4 is 0 Å². The molecule has 0 atom stereocenters. The fourth-order valence-corrected chi connectivity index (χ4v) is 4.27. The van der Waals surface area contributed by atoms with Gasteiger partial charge in [0.1, 0.15) is 0 Å². The number of ether oxygens (including phenoxy) is 2. The zero-order chi connectivity index (χ0) is 16.4. The maximum absolute atomic E-state index is 5.65. The largest absolute Gasteiger partial charge is 0.379 e. The second kappa shape index (κ2) is 11.2. The average molecular weight is 372 g/mol. The summed E-state index contributed by atoms with van der Waals surface area (Å²) in [6.45, 7) is 9.26. The van der Waals surface area contributed by atoms with Gasteiger partial charge in [-0.3, -0.25) is 0 Å². The first-order valence-corrected chi connectivity index (χ1v) is 10.0. The van der Waals surface area contributed by atoms with Gasteiger partial charge in [0.25, 0.3) is 0 Å². The molecule has 2 fully saturated rings. The zero-order valence-electron chi connectivity index (χ0n) is 13.7. The summed E-state index contributed by atoms with van der Waals surface area (Å²) in [6.07, 6.45) is 0. The third-order valence-electron chi connectivity index (χ3n) is 3.16. The summed E-state index contributed by atoms with van der Waals surface area (Å²) in [5, 5.41) is 0. The van der Waals surface area contributed by atoms with Gasteiger partial charge in [0.2, 0.25) is 0 Å². The van der Waals surface area contributed by atoms with Gasteiger partial charge >= 0.3 is 17.2 Å². The van der Waals surface area contributed by atoms with Crippen LogP contribution in [0, 0.1) is 5.41 Å². The Balaban J connectivity index is 1.58. The zero-order valence-corrected chi connectivity index (χ0v) is 15.5. The molecule has 1 spiro atoms. The molecule has 10 heteroatoms. The van der Waals surface area contributed by atoms with Crippen molar-refractivity contribution < 1.29 is 36.6 Å². The van der Waals surface area contributed by atoms with Gasteiger partial charge in [0, 0.05) is 13.2 Å². The van der Waals surface area contributed by atoms with Crippen molar-refractivity contribution >= 4 is 17.2 Å². The highest BCUT2D eigenvalue weighted by atomic mass is 31.2. The fourth-order valence-electron chi connectivity index (χ4n) is 1.86. The Kier molecular flexibility index (Phi) is 9.68. The SMILES string of the molecule is CCOCCOP1OCC2(CO1)COP(OCCOCC)OC2. The van der Waals surface area contributed by atoms with Crippen molar-refractivity contribution in [2.75, 3.05) is 66.1 Å². The Hall–Kier alpha value is 0.540. The molecule has 0 aliphatic carbocycles. The van der Waals surface area contributed by atoms with E-state index in [1.165, 1.54) is 0 Å². The summed E-state index contributed by atoms with van der Waals surface area (Å²) >= 11 is 0. The van der Waals surface area contributed by atoms with Crippen LogP contribution in [0.5, 0.6) is 0 Å².